The zero-order chi connectivity index (χ0) is 8.43. The molecule has 1 N–H and O–H groups in total. The van der Waals surface area contributed by atoms with Crippen molar-refractivity contribution in [3.63, 3.8) is 0 Å². The molecule has 0 unspecified atom stereocenters. The van der Waals surface area contributed by atoms with E-state index in [2.05, 4.69) is 32.3 Å². The molecule has 1 aromatic rings. The molecule has 0 saturated heterocycles. The minimum absolute atomic E-state index is 0.108. The average Bonchev–Trinajstić information content (AvgIpc) is 2.33. The third kappa shape index (κ3) is 1.92. The van der Waals surface area contributed by atoms with E-state index >= 15 is 0 Å². The van der Waals surface area contributed by atoms with Crippen LogP contribution < -0.4 is 0 Å². The first-order valence-corrected chi connectivity index (χ1v) is 4.20. The summed E-state index contributed by atoms with van der Waals surface area (Å²) in [6.45, 7) is 1.91. The highest BCUT2D eigenvalue weighted by Crippen LogP contribution is 2.21. The molecule has 0 aliphatic heterocycles. The zero-order valence-electron chi connectivity index (χ0n) is 5.74. The van der Waals surface area contributed by atoms with E-state index in [0.29, 0.717) is 5.69 Å². The second-order valence-corrected chi connectivity index (χ2v) is 3.91. The lowest BCUT2D eigenvalue weighted by molar-refractivity contribution is 0.0652. The summed E-state index contributed by atoms with van der Waals surface area (Å²) in [5.74, 6) is -1.19. The highest BCUT2D eigenvalue weighted by Gasteiger charge is 2.13. The van der Waals surface area contributed by atoms with E-state index in [9.17, 15) is 4.79 Å². The summed E-state index contributed by atoms with van der Waals surface area (Å²) in [6.07, 6.45) is 0. The van der Waals surface area contributed by atoms with Crippen molar-refractivity contribution in [2.24, 2.45) is 0 Å². The lowest BCUT2D eigenvalue weighted by atomic mass is 10.3. The van der Waals surface area contributed by atoms with Crippen LogP contribution in [0.2, 0.25) is 0 Å². The smallest absolute Gasteiger partial charge is 0.374 e. The molecule has 1 heterocycles. The van der Waals surface area contributed by atoms with Crippen LogP contribution in [-0.4, -0.2) is 16.2 Å². The molecule has 5 heteroatoms. The fraction of sp³-hybridized carbons (Fsp3) is 0.333. The zero-order valence-corrected chi connectivity index (χ0v) is 7.90. The third-order valence-electron chi connectivity index (χ3n) is 1.15. The monoisotopic (exact) mass is 267 g/mol. The molecule has 0 aromatic carbocycles. The standard InChI is InChI=1S/C6H6INO3/c1-3(7)4-2-5(6(9)10)11-8-4/h2-3H,1H3,(H,9,10)/t3-/m0/s1. The summed E-state index contributed by atoms with van der Waals surface area (Å²) in [5.41, 5.74) is 0.656. The van der Waals surface area contributed by atoms with E-state index in [1.54, 1.807) is 0 Å². The third-order valence-corrected chi connectivity index (χ3v) is 1.78. The predicted molar refractivity (Wildman–Crippen MR) is 45.9 cm³/mol. The van der Waals surface area contributed by atoms with Crippen LogP contribution in [-0.2, 0) is 0 Å². The summed E-state index contributed by atoms with van der Waals surface area (Å²) in [7, 11) is 0. The SMILES string of the molecule is C[C@H](I)c1cc(C(=O)O)on1. The summed E-state index contributed by atoms with van der Waals surface area (Å²) in [5, 5.41) is 12.0. The average molecular weight is 267 g/mol. The summed E-state index contributed by atoms with van der Waals surface area (Å²) < 4.78 is 4.70. The van der Waals surface area contributed by atoms with Gasteiger partial charge in [0.2, 0.25) is 5.76 Å². The number of carboxylic acids is 1. The number of aromatic nitrogens is 1. The van der Waals surface area contributed by atoms with Crippen molar-refractivity contribution in [1.82, 2.24) is 5.16 Å². The van der Waals surface area contributed by atoms with Gasteiger partial charge in [0.25, 0.3) is 0 Å². The molecular weight excluding hydrogens is 261 g/mol. The normalized spacial score (nSPS) is 12.9. The predicted octanol–water partition coefficient (Wildman–Crippen LogP) is 1.87. The summed E-state index contributed by atoms with van der Waals surface area (Å²) in [4.78, 5) is 10.3. The molecule has 0 bridgehead atoms. The molecule has 0 aliphatic carbocycles. The Morgan fingerprint density at radius 2 is 2.55 bits per heavy atom. The number of carboxylic acid groups (broad SMARTS) is 1. The number of nitrogens with zero attached hydrogens (tertiary/aromatic N) is 1. The maximum Gasteiger partial charge on any atom is 0.374 e. The Hall–Kier alpha value is -0.590. The van der Waals surface area contributed by atoms with Crippen LogP contribution in [0.4, 0.5) is 0 Å². The Bertz CT molecular complexity index is 269. The molecule has 11 heavy (non-hydrogen) atoms. The van der Waals surface area contributed by atoms with Gasteiger partial charge < -0.3 is 9.63 Å². The van der Waals surface area contributed by atoms with Gasteiger partial charge in [0.05, 0.1) is 9.62 Å². The molecule has 4 nitrogen and oxygen atoms in total. The summed E-state index contributed by atoms with van der Waals surface area (Å²) in [6, 6.07) is 1.43. The molecule has 0 radical (unpaired) electrons. The van der Waals surface area contributed by atoms with Crippen molar-refractivity contribution in [1.29, 1.82) is 0 Å². The Morgan fingerprint density at radius 1 is 1.91 bits per heavy atom. The molecule has 1 atom stereocenters. The second-order valence-electron chi connectivity index (χ2n) is 2.04. The van der Waals surface area contributed by atoms with E-state index in [1.165, 1.54) is 6.07 Å². The Kier molecular flexibility index (Phi) is 2.48. The van der Waals surface area contributed by atoms with Crippen LogP contribution in [0, 0.1) is 0 Å². The Morgan fingerprint density at radius 3 is 2.82 bits per heavy atom. The number of alkyl halides is 1. The lowest BCUT2D eigenvalue weighted by Gasteiger charge is -1.90. The number of carbonyl (C=O) groups is 1. The molecule has 1 aromatic heterocycles. The summed E-state index contributed by atoms with van der Waals surface area (Å²) >= 11 is 2.13. The topological polar surface area (TPSA) is 63.3 Å². The van der Waals surface area contributed by atoms with Gasteiger partial charge in [-0.2, -0.15) is 0 Å². The first-order valence-electron chi connectivity index (χ1n) is 2.95. The molecule has 0 fully saturated rings. The van der Waals surface area contributed by atoms with E-state index in [0.717, 1.165) is 0 Å². The van der Waals surface area contributed by atoms with Crippen LogP contribution >= 0.6 is 22.6 Å². The van der Waals surface area contributed by atoms with Crippen LogP contribution in [0.5, 0.6) is 0 Å². The van der Waals surface area contributed by atoms with Gasteiger partial charge in [0, 0.05) is 6.07 Å². The van der Waals surface area contributed by atoms with Gasteiger partial charge in [-0.3, -0.25) is 0 Å². The number of rotatable bonds is 2. The largest absolute Gasteiger partial charge is 0.475 e. The van der Waals surface area contributed by atoms with Gasteiger partial charge in [-0.15, -0.1) is 0 Å². The minimum Gasteiger partial charge on any atom is -0.475 e. The molecule has 0 saturated carbocycles. The number of halogens is 1. The van der Waals surface area contributed by atoms with Gasteiger partial charge in [-0.05, 0) is 6.92 Å². The van der Waals surface area contributed by atoms with Crippen LogP contribution in [0.25, 0.3) is 0 Å². The van der Waals surface area contributed by atoms with Gasteiger partial charge in [0.15, 0.2) is 0 Å². The van der Waals surface area contributed by atoms with Crippen molar-refractivity contribution in [2.45, 2.75) is 10.8 Å². The van der Waals surface area contributed by atoms with E-state index in [-0.39, 0.29) is 9.68 Å². The molecule has 1 rings (SSSR count). The fourth-order valence-corrected chi connectivity index (χ4v) is 0.871. The lowest BCUT2D eigenvalue weighted by Crippen LogP contribution is -1.91. The number of hydrogen-bond donors (Lipinski definition) is 1. The van der Waals surface area contributed by atoms with Crippen molar-refractivity contribution in [2.75, 3.05) is 0 Å². The van der Waals surface area contributed by atoms with Gasteiger partial charge >= 0.3 is 5.97 Å². The van der Waals surface area contributed by atoms with E-state index in [1.807, 2.05) is 6.92 Å². The number of aromatic carboxylic acids is 1. The van der Waals surface area contributed by atoms with Crippen molar-refractivity contribution in [3.8, 4) is 0 Å². The van der Waals surface area contributed by atoms with Gasteiger partial charge in [-0.1, -0.05) is 27.7 Å². The quantitative estimate of drug-likeness (QED) is 0.656. The molecule has 0 aliphatic rings. The Balaban J connectivity index is 2.90. The maximum absolute atomic E-state index is 10.3. The van der Waals surface area contributed by atoms with Crippen molar-refractivity contribution < 1.29 is 14.4 Å². The maximum atomic E-state index is 10.3. The van der Waals surface area contributed by atoms with Gasteiger partial charge in [-0.25, -0.2) is 4.79 Å². The molecular formula is C6H6INO3. The number of hydrogen-bond acceptors (Lipinski definition) is 3. The molecule has 0 spiro atoms. The first-order chi connectivity index (χ1) is 5.11. The van der Waals surface area contributed by atoms with E-state index in [4.69, 9.17) is 5.11 Å². The van der Waals surface area contributed by atoms with E-state index < -0.39 is 5.97 Å². The van der Waals surface area contributed by atoms with Crippen LogP contribution in [0.3, 0.4) is 0 Å². The minimum atomic E-state index is -1.08. The Labute approximate surface area is 76.7 Å². The second kappa shape index (κ2) is 3.21. The fourth-order valence-electron chi connectivity index (χ4n) is 0.577. The highest BCUT2D eigenvalue weighted by atomic mass is 127. The van der Waals surface area contributed by atoms with Crippen molar-refractivity contribution >= 4 is 28.6 Å². The molecule has 0 amide bonds. The van der Waals surface area contributed by atoms with Crippen LogP contribution in [0.15, 0.2) is 10.6 Å². The van der Waals surface area contributed by atoms with Gasteiger partial charge in [0.1, 0.15) is 0 Å². The van der Waals surface area contributed by atoms with Crippen LogP contribution in [0.1, 0.15) is 27.1 Å². The highest BCUT2D eigenvalue weighted by molar-refractivity contribution is 14.1. The first kappa shape index (κ1) is 8.51. The molecule has 60 valence electrons. The van der Waals surface area contributed by atoms with Crippen molar-refractivity contribution in [3.05, 3.63) is 17.5 Å².